The molecule has 0 radical (unpaired) electrons. The molecule has 2 aromatic heterocycles. The number of hydrogen-bond acceptors (Lipinski definition) is 5. The molecule has 0 saturated heterocycles. The van der Waals surface area contributed by atoms with E-state index >= 15 is 0 Å². The summed E-state index contributed by atoms with van der Waals surface area (Å²) in [5.41, 5.74) is 7.54. The van der Waals surface area contributed by atoms with E-state index in [1.165, 1.54) is 20.3 Å². The van der Waals surface area contributed by atoms with E-state index in [1.54, 1.807) is 7.05 Å². The molecule has 0 N–H and O–H groups in total. The average molecular weight is 471 g/mol. The van der Waals surface area contributed by atoms with E-state index in [-0.39, 0.29) is 17.8 Å². The lowest BCUT2D eigenvalue weighted by atomic mass is 10.1. The molecule has 0 spiro atoms. The number of benzene rings is 2. The summed E-state index contributed by atoms with van der Waals surface area (Å²) in [5.74, 6) is 0.572. The Morgan fingerprint density at radius 2 is 1.46 bits per heavy atom. The molecule has 0 saturated carbocycles. The van der Waals surface area contributed by atoms with Gasteiger partial charge in [0.1, 0.15) is 0 Å². The zero-order chi connectivity index (χ0) is 25.0. The van der Waals surface area contributed by atoms with Gasteiger partial charge >= 0.3 is 5.69 Å². The third kappa shape index (κ3) is 3.88. The minimum Gasteiger partial charge on any atom is -0.297 e. The number of anilines is 1. The van der Waals surface area contributed by atoms with Crippen molar-refractivity contribution >= 4 is 22.8 Å². The summed E-state index contributed by atoms with van der Waals surface area (Å²) < 4.78 is 4.68. The van der Waals surface area contributed by atoms with Crippen molar-refractivity contribution in [2.24, 2.45) is 12.1 Å². The molecule has 0 amide bonds. The van der Waals surface area contributed by atoms with Crippen LogP contribution in [0.25, 0.3) is 11.2 Å². The average Bonchev–Trinajstić information content (AvgIpc) is 3.19. The first kappa shape index (κ1) is 22.8. The van der Waals surface area contributed by atoms with Crippen LogP contribution in [0.15, 0.2) is 51.1 Å². The third-order valence-corrected chi connectivity index (χ3v) is 6.78. The third-order valence-electron chi connectivity index (χ3n) is 6.78. The Balaban J connectivity index is 1.67. The highest BCUT2D eigenvalue weighted by Gasteiger charge is 2.27. The van der Waals surface area contributed by atoms with Crippen LogP contribution in [0, 0.1) is 27.7 Å². The minimum atomic E-state index is -0.377. The highest BCUT2D eigenvalue weighted by atomic mass is 16.2. The first-order chi connectivity index (χ1) is 16.6. The molecule has 0 unspecified atom stereocenters. The van der Waals surface area contributed by atoms with Crippen molar-refractivity contribution in [3.63, 3.8) is 0 Å². The van der Waals surface area contributed by atoms with Crippen molar-refractivity contribution in [1.29, 1.82) is 0 Å². The van der Waals surface area contributed by atoms with Crippen LogP contribution < -0.4 is 16.3 Å². The molecule has 0 bridgehead atoms. The number of aromatic nitrogens is 4. The Labute approximate surface area is 203 Å². The topological polar surface area (TPSA) is 77.4 Å². The molecule has 1 aliphatic rings. The first-order valence-electron chi connectivity index (χ1n) is 11.8. The molecule has 5 rings (SSSR count). The first-order valence-corrected chi connectivity index (χ1v) is 11.8. The van der Waals surface area contributed by atoms with Crippen LogP contribution >= 0.6 is 0 Å². The predicted molar refractivity (Wildman–Crippen MR) is 139 cm³/mol. The van der Waals surface area contributed by atoms with Crippen molar-refractivity contribution in [2.45, 2.75) is 54.3 Å². The summed E-state index contributed by atoms with van der Waals surface area (Å²) in [6.07, 6.45) is 0. The lowest BCUT2D eigenvalue weighted by Crippen LogP contribution is -2.40. The Morgan fingerprint density at radius 1 is 0.857 bits per heavy atom. The van der Waals surface area contributed by atoms with Crippen LogP contribution in [0.5, 0.6) is 0 Å². The molecular weight excluding hydrogens is 440 g/mol. The van der Waals surface area contributed by atoms with Crippen molar-refractivity contribution in [2.75, 3.05) is 5.01 Å². The Morgan fingerprint density at radius 3 is 2.09 bits per heavy atom. The Kier molecular flexibility index (Phi) is 5.46. The molecule has 0 aliphatic carbocycles. The van der Waals surface area contributed by atoms with Crippen LogP contribution in [-0.4, -0.2) is 24.4 Å². The van der Waals surface area contributed by atoms with Gasteiger partial charge in [0.25, 0.3) is 5.56 Å². The molecule has 4 aromatic rings. The van der Waals surface area contributed by atoms with Gasteiger partial charge in [0.15, 0.2) is 11.2 Å². The lowest BCUT2D eigenvalue weighted by molar-refractivity contribution is 0.651. The highest BCUT2D eigenvalue weighted by molar-refractivity contribution is 5.87. The second-order valence-electron chi connectivity index (χ2n) is 9.66. The van der Waals surface area contributed by atoms with Gasteiger partial charge in [-0.05, 0) is 56.9 Å². The summed E-state index contributed by atoms with van der Waals surface area (Å²) >= 11 is 0. The van der Waals surface area contributed by atoms with Gasteiger partial charge < -0.3 is 0 Å². The van der Waals surface area contributed by atoms with E-state index in [2.05, 4.69) is 32.0 Å². The number of rotatable bonds is 4. The zero-order valence-electron chi connectivity index (χ0n) is 21.1. The van der Waals surface area contributed by atoms with E-state index in [0.717, 1.165) is 28.0 Å². The normalized spacial score (nSPS) is 13.3. The number of fused-ring (bicyclic) bond motifs is 3. The van der Waals surface area contributed by atoms with Crippen molar-refractivity contribution < 1.29 is 0 Å². The summed E-state index contributed by atoms with van der Waals surface area (Å²) in [7, 11) is 1.67. The van der Waals surface area contributed by atoms with Gasteiger partial charge in [-0.1, -0.05) is 47.5 Å². The summed E-state index contributed by atoms with van der Waals surface area (Å²) in [6, 6.07) is 12.4. The van der Waals surface area contributed by atoms with Crippen molar-refractivity contribution in [3.05, 3.63) is 90.6 Å². The zero-order valence-corrected chi connectivity index (χ0v) is 21.1. The lowest BCUT2D eigenvalue weighted by Gasteiger charge is -2.25. The van der Waals surface area contributed by atoms with E-state index in [9.17, 15) is 9.59 Å². The van der Waals surface area contributed by atoms with Crippen LogP contribution in [0.3, 0.4) is 0 Å². The number of nitrogens with zero attached hydrogens (tertiary/aromatic N) is 6. The maximum atomic E-state index is 13.7. The van der Waals surface area contributed by atoms with Gasteiger partial charge in [-0.2, -0.15) is 10.1 Å². The maximum Gasteiger partial charge on any atom is 0.332 e. The molecule has 2 aromatic carbocycles. The summed E-state index contributed by atoms with van der Waals surface area (Å²) in [4.78, 5) is 31.8. The van der Waals surface area contributed by atoms with E-state index in [1.807, 2.05) is 48.5 Å². The van der Waals surface area contributed by atoms with Crippen LogP contribution in [-0.2, 0) is 26.7 Å². The predicted octanol–water partition coefficient (Wildman–Crippen LogP) is 3.57. The summed E-state index contributed by atoms with van der Waals surface area (Å²) in [6.45, 7) is 11.3. The number of hydrazone groups is 1. The maximum absolute atomic E-state index is 13.7. The largest absolute Gasteiger partial charge is 0.332 e. The Bertz CT molecular complexity index is 1640. The molecule has 8 heteroatoms. The quantitative estimate of drug-likeness (QED) is 0.457. The van der Waals surface area contributed by atoms with E-state index < -0.39 is 0 Å². The molecule has 8 nitrogen and oxygen atoms in total. The molecule has 0 fully saturated rings. The van der Waals surface area contributed by atoms with E-state index in [0.29, 0.717) is 30.2 Å². The van der Waals surface area contributed by atoms with Gasteiger partial charge in [-0.3, -0.25) is 18.5 Å². The molecule has 1 aliphatic heterocycles. The molecule has 3 heterocycles. The monoisotopic (exact) mass is 470 g/mol. The smallest absolute Gasteiger partial charge is 0.297 e. The van der Waals surface area contributed by atoms with E-state index in [4.69, 9.17) is 10.1 Å². The van der Waals surface area contributed by atoms with Crippen LogP contribution in [0.2, 0.25) is 0 Å². The van der Waals surface area contributed by atoms with Gasteiger partial charge in [-0.25, -0.2) is 9.80 Å². The summed E-state index contributed by atoms with van der Waals surface area (Å²) in [5, 5.41) is 6.58. The van der Waals surface area contributed by atoms with Gasteiger partial charge in [-0.15, -0.1) is 0 Å². The van der Waals surface area contributed by atoms with Crippen LogP contribution in [0.1, 0.15) is 40.3 Å². The standard InChI is InChI=1S/C27H30N6O2/c1-16-7-9-18(3)21(11-16)14-32-25(34)23-24(30(6)27(32)35)28-26-31(23)13-20(5)29-33(26)15-22-12-17(2)8-10-19(22)4/h7-12H,13-15H2,1-6H3. The SMILES string of the molecule is CC1=NN(Cc2cc(C)ccc2C)c2nc3c(c(=O)n(Cc4cc(C)ccc4C)c(=O)n3C)n2C1. The fourth-order valence-electron chi connectivity index (χ4n) is 4.74. The molecule has 0 atom stereocenters. The van der Waals surface area contributed by atoms with Crippen molar-refractivity contribution in [1.82, 2.24) is 18.7 Å². The Hall–Kier alpha value is -3.94. The van der Waals surface area contributed by atoms with Gasteiger partial charge in [0, 0.05) is 7.05 Å². The van der Waals surface area contributed by atoms with Gasteiger partial charge in [0.05, 0.1) is 25.3 Å². The molecule has 35 heavy (non-hydrogen) atoms. The fourth-order valence-corrected chi connectivity index (χ4v) is 4.74. The van der Waals surface area contributed by atoms with Crippen LogP contribution in [0.4, 0.5) is 5.95 Å². The van der Waals surface area contributed by atoms with Gasteiger partial charge in [0.2, 0.25) is 5.95 Å². The number of hydrogen-bond donors (Lipinski definition) is 0. The number of imidazole rings is 1. The fraction of sp³-hybridized carbons (Fsp3) is 0.333. The number of aryl methyl sites for hydroxylation is 5. The molecular formula is C27H30N6O2. The molecule has 180 valence electrons. The highest BCUT2D eigenvalue weighted by Crippen LogP contribution is 2.26. The second-order valence-corrected chi connectivity index (χ2v) is 9.66. The second kappa shape index (κ2) is 8.37. The minimum absolute atomic E-state index is 0.217. The van der Waals surface area contributed by atoms with Crippen molar-refractivity contribution in [3.8, 4) is 0 Å².